The highest BCUT2D eigenvalue weighted by atomic mass is 32.1. The highest BCUT2D eigenvalue weighted by Crippen LogP contribution is 2.29. The summed E-state index contributed by atoms with van der Waals surface area (Å²) in [5.41, 5.74) is 1.59. The number of carbonyl (C=O) groups is 2. The van der Waals surface area contributed by atoms with E-state index in [9.17, 15) is 9.59 Å². The fourth-order valence-corrected chi connectivity index (χ4v) is 3.55. The zero-order chi connectivity index (χ0) is 17.9. The Morgan fingerprint density at radius 3 is 2.50 bits per heavy atom. The standard InChI is InChI=1S/C21H22N2O2S/c24-20(23(18-10-11-18)14-19-2-1-13-26-19)12-5-15-3-6-16(7-4-15)21(25)22-17-8-9-17/h1-7,12-13,17-18H,8-11,14H2,(H,22,25)/b12-5+. The number of nitrogens with zero attached hydrogens (tertiary/aromatic N) is 1. The highest BCUT2D eigenvalue weighted by Gasteiger charge is 2.31. The van der Waals surface area contributed by atoms with E-state index in [0.29, 0.717) is 24.2 Å². The van der Waals surface area contributed by atoms with Crippen molar-refractivity contribution in [3.8, 4) is 0 Å². The van der Waals surface area contributed by atoms with E-state index in [0.717, 1.165) is 31.2 Å². The lowest BCUT2D eigenvalue weighted by Crippen LogP contribution is -2.30. The summed E-state index contributed by atoms with van der Waals surface area (Å²) in [6.45, 7) is 0.686. The Hall–Kier alpha value is -2.40. The van der Waals surface area contributed by atoms with Gasteiger partial charge >= 0.3 is 0 Å². The van der Waals surface area contributed by atoms with E-state index >= 15 is 0 Å². The van der Waals surface area contributed by atoms with Crippen LogP contribution in [0.5, 0.6) is 0 Å². The summed E-state index contributed by atoms with van der Waals surface area (Å²) in [4.78, 5) is 27.8. The lowest BCUT2D eigenvalue weighted by atomic mass is 10.1. The first-order valence-corrected chi connectivity index (χ1v) is 9.99. The zero-order valence-corrected chi connectivity index (χ0v) is 15.4. The summed E-state index contributed by atoms with van der Waals surface area (Å²) < 4.78 is 0. The Morgan fingerprint density at radius 2 is 1.88 bits per heavy atom. The summed E-state index contributed by atoms with van der Waals surface area (Å²) in [7, 11) is 0. The van der Waals surface area contributed by atoms with Gasteiger partial charge in [0.25, 0.3) is 5.91 Å². The number of thiophene rings is 1. The minimum atomic E-state index is -0.0186. The predicted octanol–water partition coefficient (Wildman–Crippen LogP) is 3.84. The van der Waals surface area contributed by atoms with Crippen molar-refractivity contribution in [3.63, 3.8) is 0 Å². The topological polar surface area (TPSA) is 49.4 Å². The van der Waals surface area contributed by atoms with E-state index in [1.165, 1.54) is 4.88 Å². The largest absolute Gasteiger partial charge is 0.349 e. The molecule has 0 bridgehead atoms. The molecule has 5 heteroatoms. The molecule has 0 unspecified atom stereocenters. The molecule has 0 atom stereocenters. The second-order valence-corrected chi connectivity index (χ2v) is 8.01. The Bertz CT molecular complexity index is 803. The van der Waals surface area contributed by atoms with Gasteiger partial charge in [-0.15, -0.1) is 11.3 Å². The van der Waals surface area contributed by atoms with Crippen molar-refractivity contribution < 1.29 is 9.59 Å². The number of hydrogen-bond donors (Lipinski definition) is 1. The smallest absolute Gasteiger partial charge is 0.251 e. The van der Waals surface area contributed by atoms with Gasteiger partial charge in [-0.05, 0) is 60.9 Å². The van der Waals surface area contributed by atoms with E-state index in [4.69, 9.17) is 0 Å². The maximum Gasteiger partial charge on any atom is 0.251 e. The first kappa shape index (κ1) is 17.0. The molecule has 1 N–H and O–H groups in total. The molecule has 1 aromatic carbocycles. The van der Waals surface area contributed by atoms with E-state index < -0.39 is 0 Å². The summed E-state index contributed by atoms with van der Waals surface area (Å²) in [5, 5.41) is 5.02. The fraction of sp³-hybridized carbons (Fsp3) is 0.333. The van der Waals surface area contributed by atoms with E-state index in [2.05, 4.69) is 11.4 Å². The van der Waals surface area contributed by atoms with Gasteiger partial charge < -0.3 is 10.2 Å². The SMILES string of the molecule is O=C(NC1CC1)c1ccc(/C=C/C(=O)N(Cc2cccs2)C2CC2)cc1. The van der Waals surface area contributed by atoms with Crippen molar-refractivity contribution in [3.05, 3.63) is 63.9 Å². The molecule has 2 fully saturated rings. The molecule has 0 aliphatic heterocycles. The maximum atomic E-state index is 12.6. The van der Waals surface area contributed by atoms with Crippen LogP contribution in [0.4, 0.5) is 0 Å². The van der Waals surface area contributed by atoms with Gasteiger partial charge in [0, 0.05) is 28.6 Å². The summed E-state index contributed by atoms with van der Waals surface area (Å²) >= 11 is 1.69. The van der Waals surface area contributed by atoms with Gasteiger partial charge in [0.05, 0.1) is 6.54 Å². The Kier molecular flexibility index (Phi) is 4.89. The van der Waals surface area contributed by atoms with Gasteiger partial charge in [0.1, 0.15) is 0 Å². The lowest BCUT2D eigenvalue weighted by molar-refractivity contribution is -0.127. The van der Waals surface area contributed by atoms with Crippen LogP contribution >= 0.6 is 11.3 Å². The van der Waals surface area contributed by atoms with Crippen LogP contribution in [0, 0.1) is 0 Å². The quantitative estimate of drug-likeness (QED) is 0.757. The van der Waals surface area contributed by atoms with Gasteiger partial charge in [-0.1, -0.05) is 18.2 Å². The highest BCUT2D eigenvalue weighted by molar-refractivity contribution is 7.09. The molecule has 134 valence electrons. The van der Waals surface area contributed by atoms with Crippen LogP contribution in [0.25, 0.3) is 6.08 Å². The minimum Gasteiger partial charge on any atom is -0.349 e. The second kappa shape index (κ2) is 7.46. The molecule has 1 heterocycles. The first-order chi connectivity index (χ1) is 12.7. The molecule has 2 aliphatic carbocycles. The molecule has 26 heavy (non-hydrogen) atoms. The summed E-state index contributed by atoms with van der Waals surface area (Å²) in [5.74, 6) is 0.0337. The van der Waals surface area contributed by atoms with Crippen molar-refractivity contribution in [2.45, 2.75) is 44.3 Å². The molecule has 4 rings (SSSR count). The third-order valence-electron chi connectivity index (χ3n) is 4.68. The average molecular weight is 366 g/mol. The number of amides is 2. The Labute approximate surface area is 157 Å². The van der Waals surface area contributed by atoms with Gasteiger partial charge in [-0.2, -0.15) is 0 Å². The molecule has 1 aromatic heterocycles. The van der Waals surface area contributed by atoms with Gasteiger partial charge in [0.15, 0.2) is 0 Å². The fourth-order valence-electron chi connectivity index (χ4n) is 2.85. The van der Waals surface area contributed by atoms with Crippen LogP contribution in [0.15, 0.2) is 47.9 Å². The van der Waals surface area contributed by atoms with Crippen LogP contribution in [0.2, 0.25) is 0 Å². The van der Waals surface area contributed by atoms with Crippen LogP contribution in [0.1, 0.15) is 46.5 Å². The monoisotopic (exact) mass is 366 g/mol. The number of nitrogens with one attached hydrogen (secondary N) is 1. The molecular weight excluding hydrogens is 344 g/mol. The van der Waals surface area contributed by atoms with Crippen LogP contribution in [-0.4, -0.2) is 28.8 Å². The molecule has 0 radical (unpaired) electrons. The molecule has 2 saturated carbocycles. The van der Waals surface area contributed by atoms with Crippen LogP contribution in [-0.2, 0) is 11.3 Å². The minimum absolute atomic E-state index is 0.0186. The predicted molar refractivity (Wildman–Crippen MR) is 104 cm³/mol. The second-order valence-electron chi connectivity index (χ2n) is 6.98. The van der Waals surface area contributed by atoms with Crippen molar-refractivity contribution in [1.82, 2.24) is 10.2 Å². The van der Waals surface area contributed by atoms with Crippen molar-refractivity contribution in [2.75, 3.05) is 0 Å². The van der Waals surface area contributed by atoms with Crippen molar-refractivity contribution in [1.29, 1.82) is 0 Å². The number of benzene rings is 1. The van der Waals surface area contributed by atoms with Crippen LogP contribution in [0.3, 0.4) is 0 Å². The van der Waals surface area contributed by atoms with E-state index in [-0.39, 0.29) is 11.8 Å². The zero-order valence-electron chi connectivity index (χ0n) is 14.6. The third kappa shape index (κ3) is 4.41. The third-order valence-corrected chi connectivity index (χ3v) is 5.54. The van der Waals surface area contributed by atoms with Gasteiger partial charge in [0.2, 0.25) is 5.91 Å². The molecule has 0 spiro atoms. The maximum absolute atomic E-state index is 12.6. The molecular formula is C21H22N2O2S. The molecule has 2 aromatic rings. The number of carbonyl (C=O) groups excluding carboxylic acids is 2. The average Bonchev–Trinajstić information content (AvgIpc) is 3.59. The van der Waals surface area contributed by atoms with Gasteiger partial charge in [-0.3, -0.25) is 9.59 Å². The summed E-state index contributed by atoms with van der Waals surface area (Å²) in [6, 6.07) is 12.2. The van der Waals surface area contributed by atoms with Gasteiger partial charge in [-0.25, -0.2) is 0 Å². The normalized spacial score (nSPS) is 16.6. The first-order valence-electron chi connectivity index (χ1n) is 9.11. The van der Waals surface area contributed by atoms with E-state index in [1.54, 1.807) is 17.4 Å². The number of hydrogen-bond acceptors (Lipinski definition) is 3. The van der Waals surface area contributed by atoms with E-state index in [1.807, 2.05) is 46.7 Å². The Morgan fingerprint density at radius 1 is 1.12 bits per heavy atom. The molecule has 2 amide bonds. The summed E-state index contributed by atoms with van der Waals surface area (Å²) in [6.07, 6.45) is 7.82. The molecule has 0 saturated heterocycles. The lowest BCUT2D eigenvalue weighted by Gasteiger charge is -2.19. The molecule has 4 nitrogen and oxygen atoms in total. The van der Waals surface area contributed by atoms with Crippen molar-refractivity contribution in [2.24, 2.45) is 0 Å². The Balaban J connectivity index is 1.37. The molecule has 2 aliphatic rings. The van der Waals surface area contributed by atoms with Crippen LogP contribution < -0.4 is 5.32 Å². The van der Waals surface area contributed by atoms with Crippen molar-refractivity contribution >= 4 is 29.2 Å². The number of rotatable bonds is 7.